The first-order chi connectivity index (χ1) is 12.5. The van der Waals surface area contributed by atoms with Crippen LogP contribution < -0.4 is 16.6 Å². The van der Waals surface area contributed by atoms with Crippen molar-refractivity contribution in [2.75, 3.05) is 12.4 Å². The second-order valence-electron chi connectivity index (χ2n) is 5.26. The summed E-state index contributed by atoms with van der Waals surface area (Å²) in [6.07, 6.45) is 0. The van der Waals surface area contributed by atoms with Gasteiger partial charge in [0.15, 0.2) is 0 Å². The van der Waals surface area contributed by atoms with Crippen LogP contribution in [0.3, 0.4) is 0 Å². The predicted molar refractivity (Wildman–Crippen MR) is 100 cm³/mol. The van der Waals surface area contributed by atoms with Crippen molar-refractivity contribution in [1.29, 1.82) is 0 Å². The molecule has 136 valence electrons. The standard InChI is InChI=1S/C16H15N3O5S2/c1-3-18-14(21)13-10(5-7-26-13)19(16(18)23)8-11(20)17-9-4-6-25-12(9)15(22)24-2/h4-7H,3,8H2,1-2H3,(H,17,20). The molecule has 3 aromatic heterocycles. The number of nitrogens with zero attached hydrogens (tertiary/aromatic N) is 2. The van der Waals surface area contributed by atoms with E-state index in [0.717, 1.165) is 15.9 Å². The third-order valence-corrected chi connectivity index (χ3v) is 5.55. The number of hydrogen-bond donors (Lipinski definition) is 1. The Morgan fingerprint density at radius 1 is 1.15 bits per heavy atom. The monoisotopic (exact) mass is 393 g/mol. The Balaban J connectivity index is 1.95. The molecule has 1 amide bonds. The van der Waals surface area contributed by atoms with E-state index in [4.69, 9.17) is 0 Å². The van der Waals surface area contributed by atoms with Gasteiger partial charge in [0.1, 0.15) is 16.1 Å². The minimum absolute atomic E-state index is 0.212. The number of ether oxygens (including phenoxy) is 1. The van der Waals surface area contributed by atoms with Crippen molar-refractivity contribution < 1.29 is 14.3 Å². The van der Waals surface area contributed by atoms with Crippen LogP contribution in [0.4, 0.5) is 5.69 Å². The van der Waals surface area contributed by atoms with Gasteiger partial charge in [0.2, 0.25) is 5.91 Å². The number of methoxy groups -OCH3 is 1. The minimum atomic E-state index is -0.549. The molecule has 8 nitrogen and oxygen atoms in total. The van der Waals surface area contributed by atoms with E-state index in [2.05, 4.69) is 10.1 Å². The number of anilines is 1. The molecule has 0 saturated heterocycles. The van der Waals surface area contributed by atoms with Gasteiger partial charge >= 0.3 is 11.7 Å². The van der Waals surface area contributed by atoms with Crippen molar-refractivity contribution in [3.8, 4) is 0 Å². The fraction of sp³-hybridized carbons (Fsp3) is 0.250. The largest absolute Gasteiger partial charge is 0.465 e. The van der Waals surface area contributed by atoms with Gasteiger partial charge in [-0.15, -0.1) is 22.7 Å². The lowest BCUT2D eigenvalue weighted by Gasteiger charge is -2.11. The first kappa shape index (κ1) is 18.1. The SMILES string of the molecule is CCn1c(=O)c2sccc2n(CC(=O)Nc2ccsc2C(=O)OC)c1=O. The van der Waals surface area contributed by atoms with Gasteiger partial charge in [0, 0.05) is 6.54 Å². The van der Waals surface area contributed by atoms with Crippen LogP contribution in [0.5, 0.6) is 0 Å². The van der Waals surface area contributed by atoms with Crippen LogP contribution in [0.2, 0.25) is 0 Å². The number of thiophene rings is 2. The highest BCUT2D eigenvalue weighted by Gasteiger charge is 2.18. The van der Waals surface area contributed by atoms with Gasteiger partial charge in [-0.2, -0.15) is 0 Å². The topological polar surface area (TPSA) is 99.4 Å². The van der Waals surface area contributed by atoms with Gasteiger partial charge < -0.3 is 10.1 Å². The van der Waals surface area contributed by atoms with E-state index in [9.17, 15) is 19.2 Å². The van der Waals surface area contributed by atoms with E-state index in [-0.39, 0.29) is 23.5 Å². The fourth-order valence-electron chi connectivity index (χ4n) is 2.56. The van der Waals surface area contributed by atoms with Crippen molar-refractivity contribution in [2.24, 2.45) is 0 Å². The molecule has 0 aliphatic rings. The van der Waals surface area contributed by atoms with Gasteiger partial charge in [-0.3, -0.25) is 18.7 Å². The van der Waals surface area contributed by atoms with Crippen molar-refractivity contribution in [1.82, 2.24) is 9.13 Å². The highest BCUT2D eigenvalue weighted by atomic mass is 32.1. The molecular weight excluding hydrogens is 378 g/mol. The van der Waals surface area contributed by atoms with Crippen molar-refractivity contribution in [3.63, 3.8) is 0 Å². The number of hydrogen-bond acceptors (Lipinski definition) is 7. The molecule has 0 fully saturated rings. The zero-order valence-corrected chi connectivity index (χ0v) is 15.6. The molecule has 0 saturated carbocycles. The summed E-state index contributed by atoms with van der Waals surface area (Å²) in [4.78, 5) is 49.3. The highest BCUT2D eigenvalue weighted by Crippen LogP contribution is 2.23. The lowest BCUT2D eigenvalue weighted by molar-refractivity contribution is -0.116. The average molecular weight is 393 g/mol. The maximum atomic E-state index is 12.6. The highest BCUT2D eigenvalue weighted by molar-refractivity contribution is 7.17. The summed E-state index contributed by atoms with van der Waals surface area (Å²) >= 11 is 2.37. The van der Waals surface area contributed by atoms with Crippen LogP contribution in [0.15, 0.2) is 32.5 Å². The molecule has 0 radical (unpaired) electrons. The van der Waals surface area contributed by atoms with Gasteiger partial charge in [-0.05, 0) is 29.8 Å². The Morgan fingerprint density at radius 2 is 1.88 bits per heavy atom. The van der Waals surface area contributed by atoms with E-state index < -0.39 is 17.6 Å². The Labute approximate surface area is 155 Å². The molecule has 0 aromatic carbocycles. The van der Waals surface area contributed by atoms with Crippen molar-refractivity contribution in [3.05, 3.63) is 48.6 Å². The molecule has 3 rings (SSSR count). The molecule has 26 heavy (non-hydrogen) atoms. The van der Waals surface area contributed by atoms with Gasteiger partial charge in [-0.1, -0.05) is 0 Å². The van der Waals surface area contributed by atoms with Crippen LogP contribution in [0, 0.1) is 0 Å². The van der Waals surface area contributed by atoms with Crippen LogP contribution in [0.1, 0.15) is 16.6 Å². The number of esters is 1. The molecule has 0 bridgehead atoms. The van der Waals surface area contributed by atoms with Crippen LogP contribution in [-0.2, 0) is 22.6 Å². The second kappa shape index (κ2) is 7.26. The maximum absolute atomic E-state index is 12.6. The van der Waals surface area contributed by atoms with Crippen LogP contribution in [-0.4, -0.2) is 28.1 Å². The molecule has 0 aliphatic heterocycles. The van der Waals surface area contributed by atoms with E-state index in [1.165, 1.54) is 23.0 Å². The fourth-order valence-corrected chi connectivity index (χ4v) is 4.17. The number of aromatic nitrogens is 2. The molecule has 0 unspecified atom stereocenters. The summed E-state index contributed by atoms with van der Waals surface area (Å²) in [6, 6.07) is 3.23. The number of fused-ring (bicyclic) bond motifs is 1. The van der Waals surface area contributed by atoms with Crippen molar-refractivity contribution >= 4 is 50.5 Å². The zero-order chi connectivity index (χ0) is 18.8. The summed E-state index contributed by atoms with van der Waals surface area (Å²) in [5.74, 6) is -1.03. The summed E-state index contributed by atoms with van der Waals surface area (Å²) in [5, 5.41) is 5.98. The Morgan fingerprint density at radius 3 is 2.58 bits per heavy atom. The predicted octanol–water partition coefficient (Wildman–Crippen LogP) is 1.73. The van der Waals surface area contributed by atoms with Crippen LogP contribution in [0.25, 0.3) is 10.2 Å². The first-order valence-corrected chi connectivity index (χ1v) is 9.40. The van der Waals surface area contributed by atoms with Gasteiger partial charge in [0.05, 0.1) is 18.3 Å². The summed E-state index contributed by atoms with van der Waals surface area (Å²) in [6.45, 7) is 1.63. The Hall–Kier alpha value is -2.72. The molecule has 1 N–H and O–H groups in total. The average Bonchev–Trinajstić information content (AvgIpc) is 3.28. The smallest absolute Gasteiger partial charge is 0.350 e. The quantitative estimate of drug-likeness (QED) is 0.666. The second-order valence-corrected chi connectivity index (χ2v) is 7.09. The Bertz CT molecular complexity index is 1110. The summed E-state index contributed by atoms with van der Waals surface area (Å²) < 4.78 is 7.45. The minimum Gasteiger partial charge on any atom is -0.465 e. The van der Waals surface area contributed by atoms with E-state index in [1.54, 1.807) is 29.8 Å². The molecule has 0 aliphatic carbocycles. The molecule has 3 aromatic rings. The van der Waals surface area contributed by atoms with Gasteiger partial charge in [0.25, 0.3) is 5.56 Å². The van der Waals surface area contributed by atoms with E-state index in [1.807, 2.05) is 0 Å². The molecule has 10 heteroatoms. The van der Waals surface area contributed by atoms with E-state index >= 15 is 0 Å². The molecule has 0 atom stereocenters. The summed E-state index contributed by atoms with van der Waals surface area (Å²) in [7, 11) is 1.26. The van der Waals surface area contributed by atoms with Crippen molar-refractivity contribution in [2.45, 2.75) is 20.0 Å². The number of amides is 1. The molecule has 0 spiro atoms. The first-order valence-electron chi connectivity index (χ1n) is 7.64. The third kappa shape index (κ3) is 3.08. The third-order valence-electron chi connectivity index (χ3n) is 3.76. The number of nitrogens with one attached hydrogen (secondary N) is 1. The number of carbonyl (C=O) groups is 2. The molecule has 3 heterocycles. The number of carbonyl (C=O) groups excluding carboxylic acids is 2. The number of rotatable bonds is 5. The van der Waals surface area contributed by atoms with E-state index in [0.29, 0.717) is 15.9 Å². The van der Waals surface area contributed by atoms with Crippen LogP contribution >= 0.6 is 22.7 Å². The Kier molecular flexibility index (Phi) is 5.05. The summed E-state index contributed by atoms with van der Waals surface area (Å²) in [5.41, 5.74) is -0.157. The lowest BCUT2D eigenvalue weighted by atomic mass is 10.3. The van der Waals surface area contributed by atoms with Gasteiger partial charge in [-0.25, -0.2) is 9.59 Å². The normalized spacial score (nSPS) is 10.8. The maximum Gasteiger partial charge on any atom is 0.350 e. The molecular formula is C16H15N3O5S2. The zero-order valence-electron chi connectivity index (χ0n) is 14.0. The lowest BCUT2D eigenvalue weighted by Crippen LogP contribution is -2.40.